The second kappa shape index (κ2) is 7.91. The molecule has 0 aliphatic rings. The van der Waals surface area contributed by atoms with Gasteiger partial charge in [-0.05, 0) is 24.6 Å². The van der Waals surface area contributed by atoms with Crippen LogP contribution in [0.4, 0.5) is 5.69 Å². The molecule has 0 radical (unpaired) electrons. The van der Waals surface area contributed by atoms with Gasteiger partial charge in [-0.25, -0.2) is 8.42 Å². The minimum atomic E-state index is -3.52. The van der Waals surface area contributed by atoms with Crippen molar-refractivity contribution in [3.63, 3.8) is 0 Å². The van der Waals surface area contributed by atoms with E-state index in [-0.39, 0.29) is 10.8 Å². The number of alkyl halides is 1. The normalized spacial score (nSPS) is 11.7. The Hall–Kier alpha value is -0.920. The third kappa shape index (κ3) is 4.52. The van der Waals surface area contributed by atoms with Gasteiger partial charge >= 0.3 is 0 Å². The summed E-state index contributed by atoms with van der Waals surface area (Å²) in [6, 6.07) is 4.80. The van der Waals surface area contributed by atoms with Crippen molar-refractivity contribution in [2.45, 2.75) is 32.1 Å². The van der Waals surface area contributed by atoms with Gasteiger partial charge in [0, 0.05) is 30.5 Å². The fourth-order valence-corrected chi connectivity index (χ4v) is 3.75. The second-order valence-corrected chi connectivity index (χ2v) is 7.28. The number of amides is 1. The molecule has 0 fully saturated rings. The predicted octanol–water partition coefficient (Wildman–Crippen LogP) is 2.75. The number of nitrogens with one attached hydrogen (secondary N) is 1. The molecular formula is C14H21BrN2O3S. The van der Waals surface area contributed by atoms with Crippen LogP contribution in [0.1, 0.15) is 25.8 Å². The maximum absolute atomic E-state index is 12.5. The zero-order valence-electron chi connectivity index (χ0n) is 12.5. The van der Waals surface area contributed by atoms with Crippen molar-refractivity contribution in [2.75, 3.05) is 23.7 Å². The summed E-state index contributed by atoms with van der Waals surface area (Å²) in [4.78, 5) is 11.9. The van der Waals surface area contributed by atoms with Crippen molar-refractivity contribution in [3.05, 3.63) is 23.8 Å². The lowest BCUT2D eigenvalue weighted by atomic mass is 10.2. The number of aryl methyl sites for hydroxylation is 1. The highest BCUT2D eigenvalue weighted by Gasteiger charge is 2.22. The van der Waals surface area contributed by atoms with Crippen molar-refractivity contribution in [3.8, 4) is 0 Å². The first-order valence-corrected chi connectivity index (χ1v) is 9.39. The van der Waals surface area contributed by atoms with Gasteiger partial charge in [-0.2, -0.15) is 4.31 Å². The van der Waals surface area contributed by atoms with Crippen LogP contribution in [0.3, 0.4) is 0 Å². The second-order valence-electron chi connectivity index (χ2n) is 4.55. The van der Waals surface area contributed by atoms with Gasteiger partial charge in [0.05, 0.1) is 4.90 Å². The Bertz CT molecular complexity index is 598. The highest BCUT2D eigenvalue weighted by atomic mass is 79.9. The van der Waals surface area contributed by atoms with Gasteiger partial charge < -0.3 is 5.32 Å². The molecule has 0 bridgehead atoms. The molecule has 5 nitrogen and oxygen atoms in total. The number of halogens is 1. The van der Waals surface area contributed by atoms with Crippen molar-refractivity contribution in [1.29, 1.82) is 0 Å². The third-order valence-electron chi connectivity index (χ3n) is 3.15. The van der Waals surface area contributed by atoms with Crippen LogP contribution in [0.15, 0.2) is 23.1 Å². The Balaban J connectivity index is 3.14. The van der Waals surface area contributed by atoms with Gasteiger partial charge in [0.15, 0.2) is 0 Å². The molecule has 0 atom stereocenters. The molecule has 1 aromatic carbocycles. The Morgan fingerprint density at radius 1 is 1.29 bits per heavy atom. The summed E-state index contributed by atoms with van der Waals surface area (Å²) in [5.74, 6) is -0.146. The fraction of sp³-hybridized carbons (Fsp3) is 0.500. The number of carbonyl (C=O) groups excluding carboxylic acids is 1. The van der Waals surface area contributed by atoms with Gasteiger partial charge in [-0.3, -0.25) is 4.79 Å². The van der Waals surface area contributed by atoms with Gasteiger partial charge in [0.2, 0.25) is 15.9 Å². The zero-order valence-corrected chi connectivity index (χ0v) is 14.9. The van der Waals surface area contributed by atoms with Gasteiger partial charge in [-0.1, -0.05) is 35.8 Å². The summed E-state index contributed by atoms with van der Waals surface area (Å²) in [5, 5.41) is 3.31. The SMILES string of the molecule is CCN(CC)S(=O)(=O)c1ccc(C)c(NC(=O)CCBr)c1. The third-order valence-corrected chi connectivity index (χ3v) is 5.59. The summed E-state index contributed by atoms with van der Waals surface area (Å²) in [6.07, 6.45) is 0.340. The number of carbonyl (C=O) groups is 1. The Morgan fingerprint density at radius 3 is 2.43 bits per heavy atom. The summed E-state index contributed by atoms with van der Waals surface area (Å²) >= 11 is 3.20. The van der Waals surface area contributed by atoms with E-state index in [1.165, 1.54) is 10.4 Å². The molecule has 0 saturated carbocycles. The lowest BCUT2D eigenvalue weighted by Crippen LogP contribution is -2.30. The molecule has 1 rings (SSSR count). The van der Waals surface area contributed by atoms with E-state index in [9.17, 15) is 13.2 Å². The van der Waals surface area contributed by atoms with Crippen molar-refractivity contribution in [2.24, 2.45) is 0 Å². The molecule has 0 saturated heterocycles. The lowest BCUT2D eigenvalue weighted by molar-refractivity contribution is -0.115. The summed E-state index contributed by atoms with van der Waals surface area (Å²) in [7, 11) is -3.52. The number of benzene rings is 1. The molecule has 118 valence electrons. The highest BCUT2D eigenvalue weighted by Crippen LogP contribution is 2.23. The fourth-order valence-electron chi connectivity index (χ4n) is 1.91. The molecular weight excluding hydrogens is 356 g/mol. The molecule has 0 aliphatic heterocycles. The molecule has 0 heterocycles. The Kier molecular flexibility index (Phi) is 6.83. The van der Waals surface area contributed by atoms with Gasteiger partial charge in [-0.15, -0.1) is 0 Å². The van der Waals surface area contributed by atoms with E-state index in [0.717, 1.165) is 5.56 Å². The van der Waals surface area contributed by atoms with Crippen LogP contribution >= 0.6 is 15.9 Å². The van der Waals surface area contributed by atoms with E-state index < -0.39 is 10.0 Å². The van der Waals surface area contributed by atoms with E-state index in [1.54, 1.807) is 26.0 Å². The first-order chi connectivity index (χ1) is 9.86. The summed E-state index contributed by atoms with van der Waals surface area (Å²) in [6.45, 7) is 6.26. The molecule has 1 aromatic rings. The number of sulfonamides is 1. The number of hydrogen-bond acceptors (Lipinski definition) is 3. The summed E-state index contributed by atoms with van der Waals surface area (Å²) < 4.78 is 26.3. The van der Waals surface area contributed by atoms with Crippen LogP contribution in [-0.2, 0) is 14.8 Å². The first kappa shape index (κ1) is 18.1. The maximum Gasteiger partial charge on any atom is 0.243 e. The van der Waals surface area contributed by atoms with Crippen LogP contribution in [0.2, 0.25) is 0 Å². The molecule has 0 aromatic heterocycles. The predicted molar refractivity (Wildman–Crippen MR) is 88.3 cm³/mol. The minimum absolute atomic E-state index is 0.146. The van der Waals surface area contributed by atoms with E-state index in [4.69, 9.17) is 0 Å². The number of rotatable bonds is 7. The smallest absolute Gasteiger partial charge is 0.243 e. The van der Waals surface area contributed by atoms with Crippen LogP contribution in [0, 0.1) is 6.92 Å². The quantitative estimate of drug-likeness (QED) is 0.743. The highest BCUT2D eigenvalue weighted by molar-refractivity contribution is 9.09. The molecule has 1 N–H and O–H groups in total. The molecule has 0 unspecified atom stereocenters. The molecule has 0 aliphatic carbocycles. The average Bonchev–Trinajstić information content (AvgIpc) is 2.42. The van der Waals surface area contributed by atoms with Crippen LogP contribution in [-0.4, -0.2) is 37.0 Å². The maximum atomic E-state index is 12.5. The van der Waals surface area contributed by atoms with Crippen LogP contribution < -0.4 is 5.32 Å². The average molecular weight is 377 g/mol. The Morgan fingerprint density at radius 2 is 1.90 bits per heavy atom. The van der Waals surface area contributed by atoms with Crippen molar-refractivity contribution < 1.29 is 13.2 Å². The standard InChI is InChI=1S/C14H21BrN2O3S/c1-4-17(5-2)21(19,20)12-7-6-11(3)13(10-12)16-14(18)8-9-15/h6-7,10H,4-5,8-9H2,1-3H3,(H,16,18). The van der Waals surface area contributed by atoms with Crippen LogP contribution in [0.5, 0.6) is 0 Å². The van der Waals surface area contributed by atoms with E-state index >= 15 is 0 Å². The van der Waals surface area contributed by atoms with Crippen molar-refractivity contribution in [1.82, 2.24) is 4.31 Å². The van der Waals surface area contributed by atoms with E-state index in [0.29, 0.717) is 30.5 Å². The Labute approximate surface area is 134 Å². The largest absolute Gasteiger partial charge is 0.326 e. The zero-order chi connectivity index (χ0) is 16.0. The first-order valence-electron chi connectivity index (χ1n) is 6.83. The minimum Gasteiger partial charge on any atom is -0.326 e. The molecule has 21 heavy (non-hydrogen) atoms. The number of hydrogen-bond donors (Lipinski definition) is 1. The van der Waals surface area contributed by atoms with Gasteiger partial charge in [0.25, 0.3) is 0 Å². The van der Waals surface area contributed by atoms with Crippen LogP contribution in [0.25, 0.3) is 0 Å². The number of anilines is 1. The lowest BCUT2D eigenvalue weighted by Gasteiger charge is -2.19. The topological polar surface area (TPSA) is 66.5 Å². The molecule has 1 amide bonds. The summed E-state index contributed by atoms with van der Waals surface area (Å²) in [5.41, 5.74) is 1.37. The van der Waals surface area contributed by atoms with Gasteiger partial charge in [0.1, 0.15) is 0 Å². The van der Waals surface area contributed by atoms with Crippen molar-refractivity contribution >= 4 is 37.5 Å². The number of nitrogens with zero attached hydrogens (tertiary/aromatic N) is 1. The monoisotopic (exact) mass is 376 g/mol. The van der Waals surface area contributed by atoms with E-state index in [1.807, 2.05) is 6.92 Å². The molecule has 0 spiro atoms. The van der Waals surface area contributed by atoms with E-state index in [2.05, 4.69) is 21.2 Å². The molecule has 7 heteroatoms.